The summed E-state index contributed by atoms with van der Waals surface area (Å²) in [6.45, 7) is 6.08. The van der Waals surface area contributed by atoms with Crippen molar-refractivity contribution in [1.82, 2.24) is 9.80 Å². The molecule has 0 saturated carbocycles. The van der Waals surface area contributed by atoms with Crippen LogP contribution in [-0.2, 0) is 4.79 Å². The number of nitrogens with zero attached hydrogens (tertiary/aromatic N) is 2. The Hall–Kier alpha value is -0.910. The van der Waals surface area contributed by atoms with Gasteiger partial charge in [-0.05, 0) is 39.2 Å². The van der Waals surface area contributed by atoms with Gasteiger partial charge >= 0.3 is 12.0 Å². The number of urea groups is 1. The van der Waals surface area contributed by atoms with Crippen LogP contribution >= 0.6 is 11.8 Å². The predicted octanol–water partition coefficient (Wildman–Crippen LogP) is 2.36. The molecule has 0 aromatic carbocycles. The molecule has 19 heavy (non-hydrogen) atoms. The molecule has 0 bridgehead atoms. The van der Waals surface area contributed by atoms with Crippen LogP contribution in [0.25, 0.3) is 0 Å². The third-order valence-corrected chi connectivity index (χ3v) is 3.78. The number of amides is 2. The number of aliphatic carboxylic acids is 1. The van der Waals surface area contributed by atoms with E-state index in [0.717, 1.165) is 12.2 Å². The maximum atomic E-state index is 12.4. The molecule has 5 nitrogen and oxygen atoms in total. The van der Waals surface area contributed by atoms with Gasteiger partial charge in [0.1, 0.15) is 0 Å². The van der Waals surface area contributed by atoms with Crippen LogP contribution in [0.4, 0.5) is 4.79 Å². The van der Waals surface area contributed by atoms with Crippen LogP contribution in [0.15, 0.2) is 0 Å². The Morgan fingerprint density at radius 1 is 1.26 bits per heavy atom. The van der Waals surface area contributed by atoms with E-state index in [1.807, 2.05) is 27.0 Å². The molecular weight excluding hydrogens is 264 g/mol. The Morgan fingerprint density at radius 3 is 2.26 bits per heavy atom. The Morgan fingerprint density at radius 2 is 1.84 bits per heavy atom. The molecule has 0 aromatic rings. The van der Waals surface area contributed by atoms with Crippen molar-refractivity contribution in [3.05, 3.63) is 0 Å². The molecule has 1 unspecified atom stereocenters. The third kappa shape index (κ3) is 6.71. The molecule has 1 N–H and O–H groups in total. The molecule has 2 amide bonds. The Kier molecular flexibility index (Phi) is 8.63. The Balaban J connectivity index is 4.56. The molecule has 0 aliphatic heterocycles. The fourth-order valence-corrected chi connectivity index (χ4v) is 2.24. The molecule has 1 atom stereocenters. The first-order valence-corrected chi connectivity index (χ1v) is 7.94. The summed E-state index contributed by atoms with van der Waals surface area (Å²) in [6, 6.07) is 0.0675. The zero-order chi connectivity index (χ0) is 15.0. The van der Waals surface area contributed by atoms with E-state index in [2.05, 4.69) is 0 Å². The van der Waals surface area contributed by atoms with Crippen LogP contribution in [0.3, 0.4) is 0 Å². The number of rotatable bonds is 8. The molecule has 0 radical (unpaired) electrons. The van der Waals surface area contributed by atoms with Gasteiger partial charge in [0.2, 0.25) is 0 Å². The summed E-state index contributed by atoms with van der Waals surface area (Å²) in [5.41, 5.74) is 0. The predicted molar refractivity (Wildman–Crippen MR) is 79.7 cm³/mol. The van der Waals surface area contributed by atoms with Crippen molar-refractivity contribution in [3.8, 4) is 0 Å². The van der Waals surface area contributed by atoms with Gasteiger partial charge in [-0.3, -0.25) is 4.79 Å². The van der Waals surface area contributed by atoms with E-state index in [-0.39, 0.29) is 31.1 Å². The van der Waals surface area contributed by atoms with E-state index in [9.17, 15) is 9.59 Å². The number of hydrogen-bond acceptors (Lipinski definition) is 3. The van der Waals surface area contributed by atoms with Crippen molar-refractivity contribution in [1.29, 1.82) is 0 Å². The second-order valence-electron chi connectivity index (χ2n) is 4.95. The maximum Gasteiger partial charge on any atom is 0.320 e. The smallest absolute Gasteiger partial charge is 0.320 e. The molecular formula is C13H26N2O3S. The minimum absolute atomic E-state index is 0.00190. The Bertz CT molecular complexity index is 298. The summed E-state index contributed by atoms with van der Waals surface area (Å²) < 4.78 is 0. The molecule has 0 fully saturated rings. The fraction of sp³-hybridized carbons (Fsp3) is 0.846. The van der Waals surface area contributed by atoms with E-state index < -0.39 is 5.97 Å². The van der Waals surface area contributed by atoms with Crippen molar-refractivity contribution in [3.63, 3.8) is 0 Å². The van der Waals surface area contributed by atoms with E-state index >= 15 is 0 Å². The van der Waals surface area contributed by atoms with Crippen LogP contribution in [0, 0.1) is 0 Å². The highest BCUT2D eigenvalue weighted by Gasteiger charge is 2.24. The lowest BCUT2D eigenvalue weighted by molar-refractivity contribution is -0.137. The number of thioether (sulfide) groups is 1. The summed E-state index contributed by atoms with van der Waals surface area (Å²) >= 11 is 1.76. The average Bonchev–Trinajstić information content (AvgIpc) is 2.34. The standard InChI is InChI=1S/C13H26N2O3S/c1-10(2)15(8-6-12(16)17)13(18)14(4)11(3)7-9-19-5/h10-11H,6-9H2,1-5H3,(H,16,17). The number of hydrogen-bond donors (Lipinski definition) is 1. The largest absolute Gasteiger partial charge is 0.481 e. The molecule has 0 aliphatic rings. The lowest BCUT2D eigenvalue weighted by Gasteiger charge is -2.34. The zero-order valence-corrected chi connectivity index (χ0v) is 13.4. The van der Waals surface area contributed by atoms with Gasteiger partial charge in [-0.15, -0.1) is 0 Å². The molecule has 0 aliphatic carbocycles. The number of carboxylic acids is 1. The van der Waals surface area contributed by atoms with E-state index in [0.29, 0.717) is 0 Å². The highest BCUT2D eigenvalue weighted by atomic mass is 32.2. The van der Waals surface area contributed by atoms with Gasteiger partial charge in [-0.25, -0.2) is 4.79 Å². The van der Waals surface area contributed by atoms with Gasteiger partial charge in [0, 0.05) is 25.7 Å². The molecule has 112 valence electrons. The highest BCUT2D eigenvalue weighted by molar-refractivity contribution is 7.98. The van der Waals surface area contributed by atoms with Gasteiger partial charge < -0.3 is 14.9 Å². The first kappa shape index (κ1) is 18.1. The average molecular weight is 290 g/mol. The first-order valence-electron chi connectivity index (χ1n) is 6.55. The van der Waals surface area contributed by atoms with Crippen LogP contribution in [0.1, 0.15) is 33.6 Å². The van der Waals surface area contributed by atoms with Gasteiger partial charge in [-0.2, -0.15) is 11.8 Å². The molecule has 6 heteroatoms. The molecule has 0 spiro atoms. The van der Waals surface area contributed by atoms with E-state index in [1.165, 1.54) is 0 Å². The lowest BCUT2D eigenvalue weighted by atomic mass is 10.2. The minimum atomic E-state index is -0.878. The third-order valence-electron chi connectivity index (χ3n) is 3.14. The quantitative estimate of drug-likeness (QED) is 0.745. The normalized spacial score (nSPS) is 12.3. The fourth-order valence-electron chi connectivity index (χ4n) is 1.66. The lowest BCUT2D eigenvalue weighted by Crippen LogP contribution is -2.48. The van der Waals surface area contributed by atoms with Gasteiger partial charge in [-0.1, -0.05) is 0 Å². The van der Waals surface area contributed by atoms with Gasteiger partial charge in [0.25, 0.3) is 0 Å². The maximum absolute atomic E-state index is 12.4. The Labute approximate surface area is 120 Å². The van der Waals surface area contributed by atoms with Crippen molar-refractivity contribution < 1.29 is 14.7 Å². The van der Waals surface area contributed by atoms with Crippen LogP contribution < -0.4 is 0 Å². The first-order chi connectivity index (χ1) is 8.81. The molecule has 0 saturated heterocycles. The number of carbonyl (C=O) groups is 2. The van der Waals surface area contributed by atoms with Crippen LogP contribution in [0.2, 0.25) is 0 Å². The van der Waals surface area contributed by atoms with E-state index in [1.54, 1.807) is 28.6 Å². The van der Waals surface area contributed by atoms with Crippen molar-refractivity contribution in [2.24, 2.45) is 0 Å². The number of carboxylic acid groups (broad SMARTS) is 1. The second-order valence-corrected chi connectivity index (χ2v) is 5.94. The summed E-state index contributed by atoms with van der Waals surface area (Å²) in [6.07, 6.45) is 2.97. The second kappa shape index (κ2) is 9.07. The summed E-state index contributed by atoms with van der Waals surface area (Å²) in [5, 5.41) is 8.74. The molecule has 0 rings (SSSR count). The van der Waals surface area contributed by atoms with Crippen molar-refractivity contribution >= 4 is 23.8 Å². The highest BCUT2D eigenvalue weighted by Crippen LogP contribution is 2.11. The van der Waals surface area contributed by atoms with Crippen LogP contribution in [0.5, 0.6) is 0 Å². The van der Waals surface area contributed by atoms with E-state index in [4.69, 9.17) is 5.11 Å². The summed E-state index contributed by atoms with van der Waals surface area (Å²) in [4.78, 5) is 26.3. The van der Waals surface area contributed by atoms with Crippen molar-refractivity contribution in [2.45, 2.75) is 45.7 Å². The van der Waals surface area contributed by atoms with Gasteiger partial charge in [0.15, 0.2) is 0 Å². The summed E-state index contributed by atoms with van der Waals surface area (Å²) in [5.74, 6) is 0.131. The van der Waals surface area contributed by atoms with Crippen molar-refractivity contribution in [2.75, 3.05) is 25.6 Å². The zero-order valence-electron chi connectivity index (χ0n) is 12.5. The SMILES string of the molecule is CSCCC(C)N(C)C(=O)N(CCC(=O)O)C(C)C. The topological polar surface area (TPSA) is 60.9 Å². The molecule has 0 heterocycles. The molecule has 0 aromatic heterocycles. The number of carbonyl (C=O) groups excluding carboxylic acids is 1. The monoisotopic (exact) mass is 290 g/mol. The van der Waals surface area contributed by atoms with Gasteiger partial charge in [0.05, 0.1) is 6.42 Å². The minimum Gasteiger partial charge on any atom is -0.481 e. The summed E-state index contributed by atoms with van der Waals surface area (Å²) in [7, 11) is 1.78. The van der Waals surface area contributed by atoms with Crippen LogP contribution in [-0.4, -0.2) is 64.6 Å².